The number of amides is 1. The number of carbonyl (C=O) groups is 1. The van der Waals surface area contributed by atoms with Crippen LogP contribution >= 0.6 is 0 Å². The molecule has 3 aliphatic rings. The first kappa shape index (κ1) is 29.3. The van der Waals surface area contributed by atoms with Gasteiger partial charge >= 0.3 is 0 Å². The number of nitrogens with one attached hydrogen (secondary N) is 3. The SMILES string of the molecule is C[C@@H]1CN(c2ccc(C3=CCCNC(C4CC(F)(F)C4)C3)cc2NC(=O)c2c[nH]c(=O)cc2C(F)F)C[C@H](C)N1C. The summed E-state index contributed by atoms with van der Waals surface area (Å²) in [4.78, 5) is 31.8. The van der Waals surface area contributed by atoms with Crippen LogP contribution in [0.1, 0.15) is 67.4 Å². The first-order chi connectivity index (χ1) is 19.4. The fourth-order valence-corrected chi connectivity index (χ4v) is 6.24. The summed E-state index contributed by atoms with van der Waals surface area (Å²) in [6.45, 7) is 6.34. The Morgan fingerprint density at radius 2 is 1.83 bits per heavy atom. The zero-order chi connectivity index (χ0) is 29.5. The second kappa shape index (κ2) is 11.6. The van der Waals surface area contributed by atoms with Crippen molar-refractivity contribution >= 4 is 22.9 Å². The van der Waals surface area contributed by atoms with E-state index in [-0.39, 0.29) is 42.4 Å². The third-order valence-corrected chi connectivity index (χ3v) is 8.82. The summed E-state index contributed by atoms with van der Waals surface area (Å²) in [5.41, 5.74) is 1.41. The highest BCUT2D eigenvalue weighted by molar-refractivity contribution is 6.07. The number of benzene rings is 1. The van der Waals surface area contributed by atoms with E-state index in [0.717, 1.165) is 35.5 Å². The molecule has 3 heterocycles. The molecule has 11 heteroatoms. The van der Waals surface area contributed by atoms with Crippen molar-refractivity contribution < 1.29 is 22.4 Å². The van der Waals surface area contributed by atoms with E-state index in [0.29, 0.717) is 31.7 Å². The van der Waals surface area contributed by atoms with Gasteiger partial charge in [-0.05, 0) is 69.5 Å². The molecule has 2 aliphatic heterocycles. The van der Waals surface area contributed by atoms with E-state index in [1.807, 2.05) is 18.2 Å². The molecule has 1 amide bonds. The normalized spacial score (nSPS) is 25.4. The summed E-state index contributed by atoms with van der Waals surface area (Å²) >= 11 is 0. The number of alkyl halides is 4. The standard InChI is InChI=1S/C30H37F4N5O2/c1-17-15-39(16-18(2)38(17)3)26-7-6-20(19-5-4-8-35-24(9-19)21-12-30(33,34)13-21)10-25(26)37-29(41)23-14-36-27(40)11-22(23)28(31)32/h5-7,10-11,14,17-18,21,24,28,35H,4,8-9,12-13,15-16H2,1-3H3,(H,36,40)(H,37,41)/t17-,18+,24?. The van der Waals surface area contributed by atoms with Crippen LogP contribution < -0.4 is 21.1 Å². The van der Waals surface area contributed by atoms with Crippen molar-refractivity contribution in [2.24, 2.45) is 5.92 Å². The summed E-state index contributed by atoms with van der Waals surface area (Å²) in [5.74, 6) is -3.46. The minimum Gasteiger partial charge on any atom is -0.367 e. The number of anilines is 2. The number of aromatic amines is 1. The molecule has 41 heavy (non-hydrogen) atoms. The molecule has 3 N–H and O–H groups in total. The summed E-state index contributed by atoms with van der Waals surface area (Å²) in [6.07, 6.45) is 1.19. The van der Waals surface area contributed by atoms with E-state index >= 15 is 0 Å². The minimum atomic E-state index is -3.00. The monoisotopic (exact) mass is 575 g/mol. The lowest BCUT2D eigenvalue weighted by molar-refractivity contribution is -0.118. The van der Waals surface area contributed by atoms with Gasteiger partial charge in [0.1, 0.15) is 0 Å². The highest BCUT2D eigenvalue weighted by Gasteiger charge is 2.48. The van der Waals surface area contributed by atoms with Gasteiger partial charge in [-0.25, -0.2) is 17.6 Å². The Bertz CT molecular complexity index is 1360. The molecule has 7 nitrogen and oxygen atoms in total. The number of pyridine rings is 1. The molecule has 1 aliphatic carbocycles. The lowest BCUT2D eigenvalue weighted by Crippen LogP contribution is -2.55. The van der Waals surface area contributed by atoms with Gasteiger partial charge in [-0.15, -0.1) is 0 Å². The van der Waals surface area contributed by atoms with E-state index in [4.69, 9.17) is 0 Å². The van der Waals surface area contributed by atoms with Gasteiger partial charge in [0, 0.05) is 61.9 Å². The Balaban J connectivity index is 1.48. The molecule has 5 rings (SSSR count). The Hall–Kier alpha value is -3.18. The number of aromatic nitrogens is 1. The van der Waals surface area contributed by atoms with Gasteiger partial charge < -0.3 is 20.5 Å². The maximum absolute atomic E-state index is 13.7. The summed E-state index contributed by atoms with van der Waals surface area (Å²) in [7, 11) is 2.07. The van der Waals surface area contributed by atoms with Gasteiger partial charge in [0.05, 0.1) is 16.9 Å². The number of likely N-dealkylation sites (N-methyl/N-ethyl adjacent to an activating group) is 1. The van der Waals surface area contributed by atoms with Crippen molar-refractivity contribution in [3.8, 4) is 0 Å². The quantitative estimate of drug-likeness (QED) is 0.409. The van der Waals surface area contributed by atoms with Crippen LogP contribution in [0.4, 0.5) is 28.9 Å². The van der Waals surface area contributed by atoms with Gasteiger partial charge in [-0.1, -0.05) is 12.1 Å². The van der Waals surface area contributed by atoms with Crippen LogP contribution in [0.2, 0.25) is 0 Å². The molecule has 1 saturated carbocycles. The van der Waals surface area contributed by atoms with Crippen LogP contribution in [-0.2, 0) is 0 Å². The number of hydrogen-bond acceptors (Lipinski definition) is 5. The lowest BCUT2D eigenvalue weighted by atomic mass is 9.74. The molecule has 0 radical (unpaired) electrons. The summed E-state index contributed by atoms with van der Waals surface area (Å²) in [6, 6.07) is 6.91. The van der Waals surface area contributed by atoms with Crippen molar-refractivity contribution in [3.63, 3.8) is 0 Å². The van der Waals surface area contributed by atoms with Gasteiger partial charge in [-0.3, -0.25) is 14.5 Å². The molecule has 222 valence electrons. The number of rotatable bonds is 6. The van der Waals surface area contributed by atoms with Crippen molar-refractivity contribution in [2.45, 2.75) is 70.0 Å². The van der Waals surface area contributed by atoms with E-state index in [2.05, 4.69) is 52.4 Å². The van der Waals surface area contributed by atoms with Crippen LogP contribution in [-0.4, -0.2) is 66.5 Å². The summed E-state index contributed by atoms with van der Waals surface area (Å²) < 4.78 is 54.7. The molecule has 2 aromatic rings. The topological polar surface area (TPSA) is 80.5 Å². The maximum Gasteiger partial charge on any atom is 0.264 e. The maximum atomic E-state index is 13.7. The summed E-state index contributed by atoms with van der Waals surface area (Å²) in [5, 5.41) is 6.27. The molecule has 1 aromatic heterocycles. The fourth-order valence-electron chi connectivity index (χ4n) is 6.24. The first-order valence-electron chi connectivity index (χ1n) is 14.2. The van der Waals surface area contributed by atoms with E-state index < -0.39 is 29.4 Å². The third kappa shape index (κ3) is 6.35. The lowest BCUT2D eigenvalue weighted by Gasteiger charge is -2.44. The Labute approximate surface area is 237 Å². The van der Waals surface area contributed by atoms with Crippen molar-refractivity contribution in [2.75, 3.05) is 36.9 Å². The van der Waals surface area contributed by atoms with Crippen LogP contribution in [0.25, 0.3) is 5.57 Å². The predicted molar refractivity (Wildman–Crippen MR) is 152 cm³/mol. The Morgan fingerprint density at radius 1 is 1.12 bits per heavy atom. The second-order valence-corrected chi connectivity index (χ2v) is 11.7. The van der Waals surface area contributed by atoms with Crippen LogP contribution in [0.15, 0.2) is 41.3 Å². The zero-order valence-electron chi connectivity index (χ0n) is 23.5. The molecule has 3 atom stereocenters. The molecule has 0 bridgehead atoms. The average Bonchev–Trinajstić information content (AvgIpc) is 3.16. The van der Waals surface area contributed by atoms with Crippen LogP contribution in [0.5, 0.6) is 0 Å². The predicted octanol–water partition coefficient (Wildman–Crippen LogP) is 5.27. The number of nitrogens with zero attached hydrogens (tertiary/aromatic N) is 2. The molecule has 1 aromatic carbocycles. The molecule has 1 unspecified atom stereocenters. The molecule has 2 fully saturated rings. The number of H-pyrrole nitrogens is 1. The Kier molecular flexibility index (Phi) is 8.29. The van der Waals surface area contributed by atoms with E-state index in [1.54, 1.807) is 0 Å². The molecule has 0 spiro atoms. The zero-order valence-corrected chi connectivity index (χ0v) is 23.5. The number of hydrogen-bond donors (Lipinski definition) is 3. The van der Waals surface area contributed by atoms with Gasteiger partial charge in [0.25, 0.3) is 12.3 Å². The van der Waals surface area contributed by atoms with Crippen LogP contribution in [0, 0.1) is 5.92 Å². The van der Waals surface area contributed by atoms with Gasteiger partial charge in [0.2, 0.25) is 11.5 Å². The highest BCUT2D eigenvalue weighted by Crippen LogP contribution is 2.46. The van der Waals surface area contributed by atoms with Crippen molar-refractivity contribution in [1.29, 1.82) is 0 Å². The fraction of sp³-hybridized carbons (Fsp3) is 0.533. The number of halogens is 4. The van der Waals surface area contributed by atoms with Crippen molar-refractivity contribution in [1.82, 2.24) is 15.2 Å². The molecule has 1 saturated heterocycles. The number of carbonyl (C=O) groups excluding carboxylic acids is 1. The second-order valence-electron chi connectivity index (χ2n) is 11.7. The molecular formula is C30H37F4N5O2. The third-order valence-electron chi connectivity index (χ3n) is 8.82. The smallest absolute Gasteiger partial charge is 0.264 e. The first-order valence-corrected chi connectivity index (χ1v) is 14.2. The average molecular weight is 576 g/mol. The van der Waals surface area contributed by atoms with Crippen molar-refractivity contribution in [3.05, 3.63) is 63.6 Å². The Morgan fingerprint density at radius 3 is 2.49 bits per heavy atom. The van der Waals surface area contributed by atoms with E-state index in [9.17, 15) is 27.2 Å². The highest BCUT2D eigenvalue weighted by atomic mass is 19.3. The minimum absolute atomic E-state index is 0.0739. The van der Waals surface area contributed by atoms with Gasteiger partial charge in [0.15, 0.2) is 0 Å². The number of piperazine rings is 1. The van der Waals surface area contributed by atoms with Gasteiger partial charge in [-0.2, -0.15) is 0 Å². The molecular weight excluding hydrogens is 538 g/mol. The van der Waals surface area contributed by atoms with Crippen LogP contribution in [0.3, 0.4) is 0 Å². The largest absolute Gasteiger partial charge is 0.367 e. The van der Waals surface area contributed by atoms with E-state index in [1.165, 1.54) is 0 Å².